The molecule has 1 aromatic heterocycles. The van der Waals surface area contributed by atoms with Gasteiger partial charge in [-0.25, -0.2) is 0 Å². The van der Waals surface area contributed by atoms with Crippen LogP contribution in [0.5, 0.6) is 0 Å². The summed E-state index contributed by atoms with van der Waals surface area (Å²) in [6, 6.07) is 2.86. The van der Waals surface area contributed by atoms with Crippen LogP contribution in [-0.2, 0) is 17.9 Å². The zero-order valence-corrected chi connectivity index (χ0v) is 12.8. The lowest BCUT2D eigenvalue weighted by Gasteiger charge is -2.26. The fourth-order valence-corrected chi connectivity index (χ4v) is 3.09. The highest BCUT2D eigenvalue weighted by molar-refractivity contribution is 5.19. The van der Waals surface area contributed by atoms with E-state index in [2.05, 4.69) is 25.2 Å². The quantitative estimate of drug-likeness (QED) is 0.855. The van der Waals surface area contributed by atoms with Crippen molar-refractivity contribution < 1.29 is 9.15 Å². The Kier molecular flexibility index (Phi) is 4.47. The standard InChI is InChI=1S/C17H27NO2/c1-12-4-3-5-15(8-12)19-11-16-9-13(2)17(20-16)10-18-14-6-7-14/h9,12,14-15,18H,3-8,10-11H2,1-2H3. The molecule has 1 N–H and O–H groups in total. The molecule has 0 amide bonds. The first-order valence-corrected chi connectivity index (χ1v) is 8.14. The van der Waals surface area contributed by atoms with E-state index in [1.54, 1.807) is 0 Å². The van der Waals surface area contributed by atoms with Gasteiger partial charge in [-0.3, -0.25) is 0 Å². The summed E-state index contributed by atoms with van der Waals surface area (Å²) >= 11 is 0. The van der Waals surface area contributed by atoms with Crippen molar-refractivity contribution in [2.45, 2.75) is 77.7 Å². The minimum atomic E-state index is 0.428. The summed E-state index contributed by atoms with van der Waals surface area (Å²) in [5.74, 6) is 2.87. The summed E-state index contributed by atoms with van der Waals surface area (Å²) in [6.07, 6.45) is 8.13. The Morgan fingerprint density at radius 3 is 2.90 bits per heavy atom. The molecule has 3 rings (SSSR count). The van der Waals surface area contributed by atoms with Gasteiger partial charge in [0, 0.05) is 6.04 Å². The molecule has 2 atom stereocenters. The van der Waals surface area contributed by atoms with Crippen LogP contribution in [0.1, 0.15) is 62.5 Å². The Hall–Kier alpha value is -0.800. The number of aryl methyl sites for hydroxylation is 1. The zero-order chi connectivity index (χ0) is 13.9. The first-order valence-electron chi connectivity index (χ1n) is 8.14. The third-order valence-electron chi connectivity index (χ3n) is 4.55. The normalized spacial score (nSPS) is 26.9. The maximum atomic E-state index is 6.03. The molecule has 20 heavy (non-hydrogen) atoms. The highest BCUT2D eigenvalue weighted by atomic mass is 16.5. The van der Waals surface area contributed by atoms with E-state index in [4.69, 9.17) is 9.15 Å². The van der Waals surface area contributed by atoms with Crippen molar-refractivity contribution in [1.82, 2.24) is 5.32 Å². The second-order valence-electron chi connectivity index (χ2n) is 6.68. The van der Waals surface area contributed by atoms with Crippen molar-refractivity contribution in [2.24, 2.45) is 5.92 Å². The molecule has 3 heteroatoms. The second-order valence-corrected chi connectivity index (χ2v) is 6.68. The van der Waals surface area contributed by atoms with E-state index in [1.807, 2.05) is 0 Å². The summed E-state index contributed by atoms with van der Waals surface area (Å²) < 4.78 is 12.0. The van der Waals surface area contributed by atoms with Crippen molar-refractivity contribution >= 4 is 0 Å². The molecular formula is C17H27NO2. The topological polar surface area (TPSA) is 34.4 Å². The number of ether oxygens (including phenoxy) is 1. The molecule has 2 saturated carbocycles. The highest BCUT2D eigenvalue weighted by Crippen LogP contribution is 2.27. The molecular weight excluding hydrogens is 250 g/mol. The maximum absolute atomic E-state index is 6.03. The van der Waals surface area contributed by atoms with E-state index in [0.29, 0.717) is 12.7 Å². The van der Waals surface area contributed by atoms with E-state index >= 15 is 0 Å². The van der Waals surface area contributed by atoms with Gasteiger partial charge in [-0.05, 0) is 50.2 Å². The van der Waals surface area contributed by atoms with E-state index in [0.717, 1.165) is 30.0 Å². The largest absolute Gasteiger partial charge is 0.462 e. The first-order chi connectivity index (χ1) is 9.70. The summed E-state index contributed by atoms with van der Waals surface area (Å²) in [4.78, 5) is 0. The van der Waals surface area contributed by atoms with E-state index < -0.39 is 0 Å². The van der Waals surface area contributed by atoms with Gasteiger partial charge in [0.15, 0.2) is 0 Å². The van der Waals surface area contributed by atoms with Gasteiger partial charge in [-0.15, -0.1) is 0 Å². The Labute approximate surface area is 122 Å². The fourth-order valence-electron chi connectivity index (χ4n) is 3.09. The van der Waals surface area contributed by atoms with Crippen LogP contribution in [-0.4, -0.2) is 12.1 Å². The van der Waals surface area contributed by atoms with E-state index in [9.17, 15) is 0 Å². The molecule has 2 aliphatic rings. The molecule has 0 aromatic carbocycles. The second kappa shape index (κ2) is 6.31. The van der Waals surface area contributed by atoms with Gasteiger partial charge in [0.25, 0.3) is 0 Å². The molecule has 0 saturated heterocycles. The Bertz CT molecular complexity index is 436. The number of furan rings is 1. The van der Waals surface area contributed by atoms with Gasteiger partial charge in [0.2, 0.25) is 0 Å². The third-order valence-corrected chi connectivity index (χ3v) is 4.55. The lowest BCUT2D eigenvalue weighted by atomic mass is 9.89. The molecule has 0 aliphatic heterocycles. The smallest absolute Gasteiger partial charge is 0.130 e. The van der Waals surface area contributed by atoms with Crippen LogP contribution in [0.2, 0.25) is 0 Å². The number of hydrogen-bond donors (Lipinski definition) is 1. The zero-order valence-electron chi connectivity index (χ0n) is 12.8. The van der Waals surface area contributed by atoms with Gasteiger partial charge < -0.3 is 14.5 Å². The van der Waals surface area contributed by atoms with Crippen LogP contribution < -0.4 is 5.32 Å². The van der Waals surface area contributed by atoms with Crippen LogP contribution in [0.3, 0.4) is 0 Å². The van der Waals surface area contributed by atoms with Crippen LogP contribution >= 0.6 is 0 Å². The fraction of sp³-hybridized carbons (Fsp3) is 0.765. The van der Waals surface area contributed by atoms with Gasteiger partial charge in [-0.1, -0.05) is 19.8 Å². The average Bonchev–Trinajstić information content (AvgIpc) is 3.18. The average molecular weight is 277 g/mol. The van der Waals surface area contributed by atoms with Crippen molar-refractivity contribution in [3.8, 4) is 0 Å². The molecule has 1 aromatic rings. The van der Waals surface area contributed by atoms with Crippen LogP contribution in [0.25, 0.3) is 0 Å². The van der Waals surface area contributed by atoms with Crippen LogP contribution in [0.15, 0.2) is 10.5 Å². The SMILES string of the molecule is Cc1cc(COC2CCCC(C)C2)oc1CNC1CC1. The summed E-state index contributed by atoms with van der Waals surface area (Å²) in [6.45, 7) is 5.94. The van der Waals surface area contributed by atoms with Crippen LogP contribution in [0, 0.1) is 12.8 Å². The van der Waals surface area contributed by atoms with Crippen LogP contribution in [0.4, 0.5) is 0 Å². The van der Waals surface area contributed by atoms with Crippen molar-refractivity contribution in [1.29, 1.82) is 0 Å². The number of nitrogens with one attached hydrogen (secondary N) is 1. The van der Waals surface area contributed by atoms with Gasteiger partial charge in [0.05, 0.1) is 12.6 Å². The van der Waals surface area contributed by atoms with Gasteiger partial charge in [-0.2, -0.15) is 0 Å². The molecule has 2 fully saturated rings. The number of hydrogen-bond acceptors (Lipinski definition) is 3. The van der Waals surface area contributed by atoms with E-state index in [1.165, 1.54) is 44.1 Å². The molecule has 0 spiro atoms. The highest BCUT2D eigenvalue weighted by Gasteiger charge is 2.22. The number of rotatable bonds is 6. The Morgan fingerprint density at radius 2 is 2.15 bits per heavy atom. The maximum Gasteiger partial charge on any atom is 0.130 e. The minimum Gasteiger partial charge on any atom is -0.462 e. The minimum absolute atomic E-state index is 0.428. The lowest BCUT2D eigenvalue weighted by molar-refractivity contribution is -0.00300. The molecule has 2 aliphatic carbocycles. The lowest BCUT2D eigenvalue weighted by Crippen LogP contribution is -2.21. The third kappa shape index (κ3) is 3.86. The monoisotopic (exact) mass is 277 g/mol. The van der Waals surface area contributed by atoms with Crippen molar-refractivity contribution in [3.05, 3.63) is 23.2 Å². The summed E-state index contributed by atoms with van der Waals surface area (Å²) in [5, 5.41) is 3.50. The predicted molar refractivity (Wildman–Crippen MR) is 79.5 cm³/mol. The molecule has 1 heterocycles. The van der Waals surface area contributed by atoms with Gasteiger partial charge >= 0.3 is 0 Å². The molecule has 0 radical (unpaired) electrons. The molecule has 3 nitrogen and oxygen atoms in total. The summed E-state index contributed by atoms with van der Waals surface area (Å²) in [5.41, 5.74) is 1.24. The molecule has 2 unspecified atom stereocenters. The Morgan fingerprint density at radius 1 is 1.30 bits per heavy atom. The predicted octanol–water partition coefficient (Wildman–Crippen LogP) is 3.94. The van der Waals surface area contributed by atoms with E-state index in [-0.39, 0.29) is 0 Å². The first kappa shape index (κ1) is 14.2. The molecule has 0 bridgehead atoms. The van der Waals surface area contributed by atoms with Crippen molar-refractivity contribution in [3.63, 3.8) is 0 Å². The molecule has 112 valence electrons. The van der Waals surface area contributed by atoms with Crippen molar-refractivity contribution in [2.75, 3.05) is 0 Å². The Balaban J connectivity index is 1.48. The summed E-state index contributed by atoms with van der Waals surface area (Å²) in [7, 11) is 0. The van der Waals surface area contributed by atoms with Gasteiger partial charge in [0.1, 0.15) is 18.1 Å².